The van der Waals surface area contributed by atoms with Gasteiger partial charge in [-0.2, -0.15) is 0 Å². The van der Waals surface area contributed by atoms with Crippen LogP contribution in [0.1, 0.15) is 18.9 Å². The lowest BCUT2D eigenvalue weighted by Crippen LogP contribution is -1.92. The summed E-state index contributed by atoms with van der Waals surface area (Å²) in [6.45, 7) is 2.09. The third-order valence-electron chi connectivity index (χ3n) is 2.50. The molecule has 0 unspecified atom stereocenters. The lowest BCUT2D eigenvalue weighted by Gasteiger charge is -2.02. The number of hydrogen-bond donors (Lipinski definition) is 1. The van der Waals surface area contributed by atoms with E-state index in [1.165, 1.54) is 0 Å². The Balaban J connectivity index is 2.48. The van der Waals surface area contributed by atoms with E-state index in [2.05, 4.69) is 34.7 Å². The minimum Gasteiger partial charge on any atom is -0.381 e. The zero-order valence-electron chi connectivity index (χ0n) is 9.34. The summed E-state index contributed by atoms with van der Waals surface area (Å²) in [6, 6.07) is 5.79. The Labute approximate surface area is 118 Å². The first-order valence-electron chi connectivity index (χ1n) is 5.33. The summed E-state index contributed by atoms with van der Waals surface area (Å²) < 4.78 is 6.30. The van der Waals surface area contributed by atoms with Gasteiger partial charge in [-0.3, -0.25) is 0 Å². The van der Waals surface area contributed by atoms with E-state index in [1.807, 2.05) is 18.2 Å². The molecule has 0 fully saturated rings. The van der Waals surface area contributed by atoms with Gasteiger partial charge in [0.1, 0.15) is 0 Å². The maximum Gasteiger partial charge on any atom is 0.172 e. The highest BCUT2D eigenvalue weighted by atomic mass is 127. The maximum atomic E-state index is 6.10. The fraction of sp³-hybridized carbons (Fsp3) is 0.250. The monoisotopic (exact) mass is 362 g/mol. The lowest BCUT2D eigenvalue weighted by atomic mass is 10.1. The fourth-order valence-corrected chi connectivity index (χ4v) is 2.19. The Morgan fingerprint density at radius 2 is 2.24 bits per heavy atom. The van der Waals surface area contributed by atoms with Crippen LogP contribution < -0.4 is 5.73 Å². The van der Waals surface area contributed by atoms with Crippen molar-refractivity contribution in [3.63, 3.8) is 0 Å². The molecule has 2 rings (SSSR count). The first-order chi connectivity index (χ1) is 8.13. The second-order valence-electron chi connectivity index (χ2n) is 3.75. The molecule has 2 aromatic rings. The number of anilines is 1. The van der Waals surface area contributed by atoms with Crippen LogP contribution in [0.4, 0.5) is 5.82 Å². The molecule has 0 aliphatic heterocycles. The highest BCUT2D eigenvalue weighted by Crippen LogP contribution is 2.31. The molecule has 1 aromatic carbocycles. The van der Waals surface area contributed by atoms with Gasteiger partial charge >= 0.3 is 0 Å². The van der Waals surface area contributed by atoms with Gasteiger partial charge in [0.05, 0.1) is 5.02 Å². The van der Waals surface area contributed by atoms with E-state index in [9.17, 15) is 0 Å². The second-order valence-corrected chi connectivity index (χ2v) is 5.32. The molecule has 17 heavy (non-hydrogen) atoms. The molecule has 0 aliphatic carbocycles. The zero-order valence-corrected chi connectivity index (χ0v) is 12.2. The standard InChI is InChI=1S/C12H12ClIN2O/c1-2-3-8-11(17-16-12(8)15)7-4-5-10(14)9(13)6-7/h4-6H,2-3H2,1H3,(H2,15,16). The molecule has 0 saturated heterocycles. The fourth-order valence-electron chi connectivity index (χ4n) is 1.68. The molecule has 0 spiro atoms. The minimum absolute atomic E-state index is 0.469. The molecule has 2 N–H and O–H groups in total. The second kappa shape index (κ2) is 5.27. The van der Waals surface area contributed by atoms with Crippen LogP contribution in [0.5, 0.6) is 0 Å². The number of nitrogen functional groups attached to an aromatic ring is 1. The topological polar surface area (TPSA) is 52.0 Å². The van der Waals surface area contributed by atoms with Crippen LogP contribution in [0, 0.1) is 3.57 Å². The van der Waals surface area contributed by atoms with Crippen LogP contribution in [0.2, 0.25) is 5.02 Å². The maximum absolute atomic E-state index is 6.10. The summed E-state index contributed by atoms with van der Waals surface area (Å²) >= 11 is 8.29. The van der Waals surface area contributed by atoms with Crippen LogP contribution in [0.15, 0.2) is 22.7 Å². The molecular weight excluding hydrogens is 351 g/mol. The van der Waals surface area contributed by atoms with E-state index < -0.39 is 0 Å². The Morgan fingerprint density at radius 3 is 2.88 bits per heavy atom. The number of nitrogens with zero attached hydrogens (tertiary/aromatic N) is 1. The van der Waals surface area contributed by atoms with E-state index in [0.717, 1.165) is 33.3 Å². The molecule has 0 saturated carbocycles. The van der Waals surface area contributed by atoms with Crippen molar-refractivity contribution >= 4 is 40.0 Å². The summed E-state index contributed by atoms with van der Waals surface area (Å²) in [7, 11) is 0. The normalized spacial score (nSPS) is 10.8. The van der Waals surface area contributed by atoms with Gasteiger partial charge < -0.3 is 10.3 Å². The number of halogens is 2. The van der Waals surface area contributed by atoms with E-state index >= 15 is 0 Å². The van der Waals surface area contributed by atoms with Crippen LogP contribution in [-0.4, -0.2) is 5.16 Å². The Bertz CT molecular complexity index is 539. The average Bonchev–Trinajstić information content (AvgIpc) is 2.66. The summed E-state index contributed by atoms with van der Waals surface area (Å²) in [6.07, 6.45) is 1.85. The number of aromatic nitrogens is 1. The van der Waals surface area contributed by atoms with Gasteiger partial charge in [-0.05, 0) is 47.2 Å². The number of hydrogen-bond acceptors (Lipinski definition) is 3. The lowest BCUT2D eigenvalue weighted by molar-refractivity contribution is 0.435. The SMILES string of the molecule is CCCc1c(N)noc1-c1ccc(I)c(Cl)c1. The Hall–Kier alpha value is -0.750. The first-order valence-corrected chi connectivity index (χ1v) is 6.78. The van der Waals surface area contributed by atoms with Crippen LogP contribution >= 0.6 is 34.2 Å². The highest BCUT2D eigenvalue weighted by molar-refractivity contribution is 14.1. The minimum atomic E-state index is 0.469. The van der Waals surface area contributed by atoms with Crippen LogP contribution in [-0.2, 0) is 6.42 Å². The predicted molar refractivity (Wildman–Crippen MR) is 78.1 cm³/mol. The van der Waals surface area contributed by atoms with Crippen molar-refractivity contribution < 1.29 is 4.52 Å². The van der Waals surface area contributed by atoms with Crippen molar-refractivity contribution in [3.8, 4) is 11.3 Å². The largest absolute Gasteiger partial charge is 0.381 e. The van der Waals surface area contributed by atoms with Crippen LogP contribution in [0.3, 0.4) is 0 Å². The molecule has 0 aliphatic rings. The van der Waals surface area contributed by atoms with Gasteiger partial charge in [-0.15, -0.1) is 0 Å². The van der Waals surface area contributed by atoms with E-state index in [0.29, 0.717) is 10.8 Å². The predicted octanol–water partition coefficient (Wildman–Crippen LogP) is 4.13. The molecule has 3 nitrogen and oxygen atoms in total. The Kier molecular flexibility index (Phi) is 3.93. The molecule has 1 aromatic heterocycles. The van der Waals surface area contributed by atoms with Crippen LogP contribution in [0.25, 0.3) is 11.3 Å². The first kappa shape index (κ1) is 12.7. The molecule has 90 valence electrons. The summed E-state index contributed by atoms with van der Waals surface area (Å²) in [5.74, 6) is 1.19. The van der Waals surface area contributed by atoms with Crippen molar-refractivity contribution in [2.75, 3.05) is 5.73 Å². The summed E-state index contributed by atoms with van der Waals surface area (Å²) in [5.41, 5.74) is 7.68. The smallest absolute Gasteiger partial charge is 0.172 e. The summed E-state index contributed by atoms with van der Waals surface area (Å²) in [4.78, 5) is 0. The number of rotatable bonds is 3. The van der Waals surface area contributed by atoms with E-state index in [-0.39, 0.29) is 0 Å². The van der Waals surface area contributed by atoms with Crippen molar-refractivity contribution in [1.82, 2.24) is 5.16 Å². The zero-order chi connectivity index (χ0) is 12.4. The quantitative estimate of drug-likeness (QED) is 0.835. The number of benzene rings is 1. The molecule has 5 heteroatoms. The van der Waals surface area contributed by atoms with Gasteiger partial charge in [-0.25, -0.2) is 0 Å². The third-order valence-corrected chi connectivity index (χ3v) is 4.07. The molecule has 1 heterocycles. The van der Waals surface area contributed by atoms with E-state index in [4.69, 9.17) is 21.9 Å². The molecule has 0 atom stereocenters. The molecule has 0 amide bonds. The summed E-state index contributed by atoms with van der Waals surface area (Å²) in [5, 5.41) is 4.53. The molecular formula is C12H12ClIN2O. The highest BCUT2D eigenvalue weighted by Gasteiger charge is 2.15. The van der Waals surface area contributed by atoms with Gasteiger partial charge in [0.2, 0.25) is 0 Å². The van der Waals surface area contributed by atoms with Crippen molar-refractivity contribution in [1.29, 1.82) is 0 Å². The number of nitrogens with two attached hydrogens (primary N) is 1. The molecule has 0 bridgehead atoms. The van der Waals surface area contributed by atoms with Crippen molar-refractivity contribution in [2.45, 2.75) is 19.8 Å². The van der Waals surface area contributed by atoms with Gasteiger partial charge in [0.25, 0.3) is 0 Å². The average molecular weight is 363 g/mol. The third kappa shape index (κ3) is 2.57. The Morgan fingerprint density at radius 1 is 1.47 bits per heavy atom. The van der Waals surface area contributed by atoms with Crippen molar-refractivity contribution in [2.24, 2.45) is 0 Å². The van der Waals surface area contributed by atoms with Gasteiger partial charge in [-0.1, -0.05) is 30.1 Å². The van der Waals surface area contributed by atoms with Gasteiger partial charge in [0, 0.05) is 14.7 Å². The van der Waals surface area contributed by atoms with Gasteiger partial charge in [0.15, 0.2) is 11.6 Å². The molecule has 0 radical (unpaired) electrons. The van der Waals surface area contributed by atoms with Crippen molar-refractivity contribution in [3.05, 3.63) is 32.4 Å². The van der Waals surface area contributed by atoms with E-state index in [1.54, 1.807) is 0 Å².